The van der Waals surface area contributed by atoms with Gasteiger partial charge in [-0.25, -0.2) is 4.39 Å². The van der Waals surface area contributed by atoms with E-state index >= 15 is 0 Å². The molecule has 1 fully saturated rings. The first-order valence-corrected chi connectivity index (χ1v) is 6.88. The maximum Gasteiger partial charge on any atom is 0.123 e. The Morgan fingerprint density at radius 1 is 1.16 bits per heavy atom. The molecule has 0 saturated heterocycles. The predicted octanol–water partition coefficient (Wildman–Crippen LogP) is 4.40. The highest BCUT2D eigenvalue weighted by molar-refractivity contribution is 6.33. The molecule has 1 aliphatic rings. The topological polar surface area (TPSA) is 12.0 Å². The van der Waals surface area contributed by atoms with E-state index in [-0.39, 0.29) is 5.82 Å². The molecule has 0 atom stereocenters. The number of benzene rings is 2. The number of rotatable bonds is 4. The molecule has 0 aromatic heterocycles. The SMILES string of the molecule is Fc1cccc(-c2ccc(CNC3CC3)cc2Cl)c1. The zero-order chi connectivity index (χ0) is 13.2. The molecular weight excluding hydrogens is 261 g/mol. The summed E-state index contributed by atoms with van der Waals surface area (Å²) in [7, 11) is 0. The Morgan fingerprint density at radius 2 is 2.00 bits per heavy atom. The Morgan fingerprint density at radius 3 is 2.68 bits per heavy atom. The summed E-state index contributed by atoms with van der Waals surface area (Å²) in [5.41, 5.74) is 2.85. The normalized spacial score (nSPS) is 14.6. The van der Waals surface area contributed by atoms with Gasteiger partial charge in [0.1, 0.15) is 5.82 Å². The molecule has 3 rings (SSSR count). The second-order valence-electron chi connectivity index (χ2n) is 4.98. The largest absolute Gasteiger partial charge is 0.310 e. The van der Waals surface area contributed by atoms with E-state index in [0.29, 0.717) is 11.1 Å². The maximum absolute atomic E-state index is 13.2. The summed E-state index contributed by atoms with van der Waals surface area (Å²) in [4.78, 5) is 0. The maximum atomic E-state index is 13.2. The zero-order valence-corrected chi connectivity index (χ0v) is 11.3. The van der Waals surface area contributed by atoms with Gasteiger partial charge in [0, 0.05) is 23.2 Å². The molecule has 1 saturated carbocycles. The second kappa shape index (κ2) is 5.32. The highest BCUT2D eigenvalue weighted by Crippen LogP contribution is 2.29. The van der Waals surface area contributed by atoms with Crippen LogP contribution in [0.4, 0.5) is 4.39 Å². The Hall–Kier alpha value is -1.38. The van der Waals surface area contributed by atoms with Crippen LogP contribution >= 0.6 is 11.6 Å². The minimum Gasteiger partial charge on any atom is -0.310 e. The lowest BCUT2D eigenvalue weighted by Crippen LogP contribution is -2.15. The lowest BCUT2D eigenvalue weighted by atomic mass is 10.0. The summed E-state index contributed by atoms with van der Waals surface area (Å²) in [6.07, 6.45) is 2.55. The van der Waals surface area contributed by atoms with E-state index in [2.05, 4.69) is 5.32 Å². The highest BCUT2D eigenvalue weighted by Gasteiger charge is 2.20. The van der Waals surface area contributed by atoms with Crippen molar-refractivity contribution in [2.45, 2.75) is 25.4 Å². The van der Waals surface area contributed by atoms with Crippen molar-refractivity contribution in [3.8, 4) is 11.1 Å². The van der Waals surface area contributed by atoms with Gasteiger partial charge in [0.15, 0.2) is 0 Å². The van der Waals surface area contributed by atoms with E-state index in [1.54, 1.807) is 6.07 Å². The van der Waals surface area contributed by atoms with Crippen LogP contribution in [0.2, 0.25) is 5.02 Å². The van der Waals surface area contributed by atoms with Gasteiger partial charge in [-0.3, -0.25) is 0 Å². The van der Waals surface area contributed by atoms with Gasteiger partial charge in [0.25, 0.3) is 0 Å². The molecular formula is C16H15ClFN. The van der Waals surface area contributed by atoms with Gasteiger partial charge < -0.3 is 5.32 Å². The van der Waals surface area contributed by atoms with Crippen LogP contribution in [0, 0.1) is 5.82 Å². The van der Waals surface area contributed by atoms with Crippen molar-refractivity contribution < 1.29 is 4.39 Å². The molecule has 1 N–H and O–H groups in total. The van der Waals surface area contributed by atoms with Crippen molar-refractivity contribution in [3.05, 3.63) is 58.9 Å². The van der Waals surface area contributed by atoms with Gasteiger partial charge >= 0.3 is 0 Å². The van der Waals surface area contributed by atoms with Crippen molar-refractivity contribution in [2.24, 2.45) is 0 Å². The smallest absolute Gasteiger partial charge is 0.123 e. The fourth-order valence-corrected chi connectivity index (χ4v) is 2.42. The molecule has 19 heavy (non-hydrogen) atoms. The molecule has 3 heteroatoms. The van der Waals surface area contributed by atoms with Crippen molar-refractivity contribution in [1.82, 2.24) is 5.32 Å². The summed E-state index contributed by atoms with van der Waals surface area (Å²) in [5, 5.41) is 4.12. The van der Waals surface area contributed by atoms with E-state index in [1.807, 2.05) is 24.3 Å². The third-order valence-corrected chi connectivity index (χ3v) is 3.65. The third-order valence-electron chi connectivity index (χ3n) is 3.34. The summed E-state index contributed by atoms with van der Waals surface area (Å²) in [6.45, 7) is 0.841. The van der Waals surface area contributed by atoms with E-state index in [0.717, 1.165) is 23.2 Å². The molecule has 1 aliphatic carbocycles. The van der Waals surface area contributed by atoms with Gasteiger partial charge in [-0.15, -0.1) is 0 Å². The molecule has 0 bridgehead atoms. The molecule has 0 spiro atoms. The number of hydrogen-bond donors (Lipinski definition) is 1. The molecule has 2 aromatic carbocycles. The van der Waals surface area contributed by atoms with E-state index < -0.39 is 0 Å². The standard InChI is InChI=1S/C16H15ClFN/c17-16-8-11(10-19-14-5-6-14)4-7-15(16)12-2-1-3-13(18)9-12/h1-4,7-9,14,19H,5-6,10H2. The molecule has 2 aromatic rings. The van der Waals surface area contributed by atoms with Crippen LogP contribution in [0.15, 0.2) is 42.5 Å². The average Bonchev–Trinajstić information content (AvgIpc) is 3.20. The summed E-state index contributed by atoms with van der Waals surface area (Å²) in [5.74, 6) is -0.243. The van der Waals surface area contributed by atoms with Crippen LogP contribution < -0.4 is 5.32 Å². The molecule has 1 nitrogen and oxygen atoms in total. The minimum absolute atomic E-state index is 0.243. The van der Waals surface area contributed by atoms with Crippen molar-refractivity contribution in [3.63, 3.8) is 0 Å². The Kier molecular flexibility index (Phi) is 3.54. The van der Waals surface area contributed by atoms with Crippen LogP contribution in [0.25, 0.3) is 11.1 Å². The fourth-order valence-electron chi connectivity index (χ4n) is 2.11. The first-order chi connectivity index (χ1) is 9.22. The van der Waals surface area contributed by atoms with Crippen molar-refractivity contribution >= 4 is 11.6 Å². The van der Waals surface area contributed by atoms with Crippen LogP contribution in [0.5, 0.6) is 0 Å². The van der Waals surface area contributed by atoms with Gasteiger partial charge in [0.05, 0.1) is 0 Å². The highest BCUT2D eigenvalue weighted by atomic mass is 35.5. The van der Waals surface area contributed by atoms with Crippen LogP contribution in [-0.2, 0) is 6.54 Å². The molecule has 0 radical (unpaired) electrons. The van der Waals surface area contributed by atoms with Gasteiger partial charge in [-0.05, 0) is 42.2 Å². The lowest BCUT2D eigenvalue weighted by Gasteiger charge is -2.08. The Labute approximate surface area is 117 Å². The van der Waals surface area contributed by atoms with Crippen LogP contribution in [-0.4, -0.2) is 6.04 Å². The van der Waals surface area contributed by atoms with Crippen molar-refractivity contribution in [2.75, 3.05) is 0 Å². The molecule has 0 unspecified atom stereocenters. The van der Waals surface area contributed by atoms with Gasteiger partial charge in [-0.2, -0.15) is 0 Å². The molecule has 98 valence electrons. The van der Waals surface area contributed by atoms with E-state index in [1.165, 1.54) is 25.0 Å². The summed E-state index contributed by atoms with van der Waals surface area (Å²) >= 11 is 6.30. The van der Waals surface area contributed by atoms with Gasteiger partial charge in [0.2, 0.25) is 0 Å². The average molecular weight is 276 g/mol. The summed E-state index contributed by atoms with van der Waals surface area (Å²) in [6, 6.07) is 13.1. The zero-order valence-electron chi connectivity index (χ0n) is 10.5. The third kappa shape index (κ3) is 3.14. The van der Waals surface area contributed by atoms with Crippen LogP contribution in [0.3, 0.4) is 0 Å². The quantitative estimate of drug-likeness (QED) is 0.872. The Balaban J connectivity index is 1.82. The monoisotopic (exact) mass is 275 g/mol. The lowest BCUT2D eigenvalue weighted by molar-refractivity contribution is 0.628. The van der Waals surface area contributed by atoms with Gasteiger partial charge in [-0.1, -0.05) is 35.9 Å². The Bertz CT molecular complexity index is 593. The summed E-state index contributed by atoms with van der Waals surface area (Å²) < 4.78 is 13.2. The predicted molar refractivity (Wildman–Crippen MR) is 76.7 cm³/mol. The molecule has 0 heterocycles. The van der Waals surface area contributed by atoms with E-state index in [9.17, 15) is 4.39 Å². The van der Waals surface area contributed by atoms with Crippen molar-refractivity contribution in [1.29, 1.82) is 0 Å². The molecule has 0 amide bonds. The number of hydrogen-bond acceptors (Lipinski definition) is 1. The first kappa shape index (κ1) is 12.6. The fraction of sp³-hybridized carbons (Fsp3) is 0.250. The number of nitrogens with one attached hydrogen (secondary N) is 1. The van der Waals surface area contributed by atoms with E-state index in [4.69, 9.17) is 11.6 Å². The number of halogens is 2. The van der Waals surface area contributed by atoms with Crippen LogP contribution in [0.1, 0.15) is 18.4 Å². The first-order valence-electron chi connectivity index (χ1n) is 6.50. The molecule has 0 aliphatic heterocycles. The minimum atomic E-state index is -0.243. The second-order valence-corrected chi connectivity index (χ2v) is 5.39.